The van der Waals surface area contributed by atoms with Crippen LogP contribution >= 0.6 is 0 Å². The predicted octanol–water partition coefficient (Wildman–Crippen LogP) is 5.99. The van der Waals surface area contributed by atoms with Crippen molar-refractivity contribution in [1.29, 1.82) is 0 Å². The fraction of sp³-hybridized carbons (Fsp3) is 0.138. The summed E-state index contributed by atoms with van der Waals surface area (Å²) in [5, 5.41) is 1.62. The molecule has 0 aromatic heterocycles. The highest BCUT2D eigenvalue weighted by Crippen LogP contribution is 2.46. The largest absolute Gasteiger partial charge is 0.497 e. The first-order valence-corrected chi connectivity index (χ1v) is 10.9. The Morgan fingerprint density at radius 3 is 1.85 bits per heavy atom. The van der Waals surface area contributed by atoms with Gasteiger partial charge in [0, 0.05) is 22.1 Å². The molecular weight excluding hydrogens is 428 g/mol. The van der Waals surface area contributed by atoms with Gasteiger partial charge >= 0.3 is 5.97 Å². The lowest BCUT2D eigenvalue weighted by Gasteiger charge is -2.37. The lowest BCUT2D eigenvalue weighted by molar-refractivity contribution is 0.0603. The van der Waals surface area contributed by atoms with Gasteiger partial charge in [-0.2, -0.15) is 0 Å². The normalized spacial score (nSPS) is 13.6. The maximum Gasteiger partial charge on any atom is 0.338 e. The van der Waals surface area contributed by atoms with Gasteiger partial charge in [0.05, 0.1) is 26.9 Å². The van der Waals surface area contributed by atoms with Gasteiger partial charge in [-0.3, -0.25) is 0 Å². The van der Waals surface area contributed by atoms with Crippen molar-refractivity contribution in [3.63, 3.8) is 0 Å². The van der Waals surface area contributed by atoms with E-state index < -0.39 is 5.60 Å². The van der Waals surface area contributed by atoms with Crippen LogP contribution in [0, 0.1) is 0 Å². The highest BCUT2D eigenvalue weighted by atomic mass is 16.5. The minimum absolute atomic E-state index is 0.380. The van der Waals surface area contributed by atoms with Gasteiger partial charge in [0.2, 0.25) is 0 Å². The molecule has 0 N–H and O–H groups in total. The molecule has 1 aliphatic heterocycles. The lowest BCUT2D eigenvalue weighted by Crippen LogP contribution is -2.34. The van der Waals surface area contributed by atoms with E-state index >= 15 is 0 Å². The Kier molecular flexibility index (Phi) is 5.46. The quantitative estimate of drug-likeness (QED) is 0.348. The molecule has 170 valence electrons. The van der Waals surface area contributed by atoms with Crippen LogP contribution in [-0.2, 0) is 10.3 Å². The molecule has 0 saturated heterocycles. The molecule has 4 aromatic rings. The number of hydrogen-bond acceptors (Lipinski definition) is 5. The molecule has 0 unspecified atom stereocenters. The van der Waals surface area contributed by atoms with Crippen LogP contribution in [0.2, 0.25) is 0 Å². The molecule has 1 heterocycles. The first-order chi connectivity index (χ1) is 16.6. The number of rotatable bonds is 5. The van der Waals surface area contributed by atoms with E-state index in [0.29, 0.717) is 11.3 Å². The first-order valence-electron chi connectivity index (χ1n) is 10.9. The number of esters is 1. The zero-order valence-electron chi connectivity index (χ0n) is 19.2. The van der Waals surface area contributed by atoms with E-state index in [9.17, 15) is 4.79 Å². The Hall–Kier alpha value is -4.25. The third-order valence-electron chi connectivity index (χ3n) is 6.23. The summed E-state index contributed by atoms with van der Waals surface area (Å²) in [4.78, 5) is 12.5. The number of fused-ring (bicyclic) bond motifs is 3. The van der Waals surface area contributed by atoms with Crippen LogP contribution in [0.25, 0.3) is 16.8 Å². The Morgan fingerprint density at radius 2 is 1.32 bits per heavy atom. The van der Waals surface area contributed by atoms with Crippen molar-refractivity contribution >= 4 is 22.8 Å². The maximum absolute atomic E-state index is 12.5. The second-order valence-corrected chi connectivity index (χ2v) is 8.01. The van der Waals surface area contributed by atoms with E-state index in [2.05, 4.69) is 0 Å². The van der Waals surface area contributed by atoms with Crippen LogP contribution in [0.4, 0.5) is 0 Å². The van der Waals surface area contributed by atoms with Gasteiger partial charge in [-0.25, -0.2) is 4.79 Å². The molecule has 0 atom stereocenters. The smallest absolute Gasteiger partial charge is 0.338 e. The summed E-state index contributed by atoms with van der Waals surface area (Å²) in [5.74, 6) is 1.86. The van der Waals surface area contributed by atoms with Gasteiger partial charge < -0.3 is 18.9 Å². The van der Waals surface area contributed by atoms with E-state index in [4.69, 9.17) is 18.9 Å². The van der Waals surface area contributed by atoms with Crippen molar-refractivity contribution in [3.05, 3.63) is 107 Å². The number of carbonyl (C=O) groups excluding carboxylic acids is 1. The van der Waals surface area contributed by atoms with Crippen LogP contribution < -0.4 is 14.2 Å². The lowest BCUT2D eigenvalue weighted by atomic mass is 9.83. The van der Waals surface area contributed by atoms with Gasteiger partial charge in [0.25, 0.3) is 0 Å². The number of benzene rings is 4. The van der Waals surface area contributed by atoms with E-state index in [1.165, 1.54) is 7.11 Å². The molecule has 0 amide bonds. The fourth-order valence-electron chi connectivity index (χ4n) is 4.44. The topological polar surface area (TPSA) is 54.0 Å². The standard InChI is InChI=1S/C29H24O5/c1-31-22-12-8-20(9-13-22)29(21-10-14-23(32-2)15-11-21)17-16-19-18-26(28(30)33-3)24-6-4-5-7-25(24)27(19)34-29/h4-18H,1-3H3. The molecule has 5 rings (SSSR count). The first kappa shape index (κ1) is 21.6. The predicted molar refractivity (Wildman–Crippen MR) is 132 cm³/mol. The molecule has 0 saturated carbocycles. The molecule has 4 aromatic carbocycles. The maximum atomic E-state index is 12.5. The van der Waals surface area contributed by atoms with E-state index in [1.807, 2.05) is 91.0 Å². The van der Waals surface area contributed by atoms with Crippen molar-refractivity contribution in [2.45, 2.75) is 5.60 Å². The Labute approximate surface area is 198 Å². The number of methoxy groups -OCH3 is 3. The highest BCUT2D eigenvalue weighted by molar-refractivity contribution is 6.08. The van der Waals surface area contributed by atoms with Gasteiger partial charge in [-0.15, -0.1) is 0 Å². The second kappa shape index (κ2) is 8.60. The van der Waals surface area contributed by atoms with Gasteiger partial charge in [-0.1, -0.05) is 54.6 Å². The minimum atomic E-state index is -0.888. The van der Waals surface area contributed by atoms with Crippen LogP contribution in [0.1, 0.15) is 27.0 Å². The zero-order valence-corrected chi connectivity index (χ0v) is 19.2. The summed E-state index contributed by atoms with van der Waals surface area (Å²) < 4.78 is 22.7. The molecule has 0 fully saturated rings. The van der Waals surface area contributed by atoms with Crippen molar-refractivity contribution < 1.29 is 23.7 Å². The van der Waals surface area contributed by atoms with Crippen molar-refractivity contribution in [1.82, 2.24) is 0 Å². The Morgan fingerprint density at radius 1 is 0.765 bits per heavy atom. The minimum Gasteiger partial charge on any atom is -0.497 e. The molecular formula is C29H24O5. The average Bonchev–Trinajstić information content (AvgIpc) is 2.92. The summed E-state index contributed by atoms with van der Waals surface area (Å²) in [6, 6.07) is 25.2. The zero-order chi connectivity index (χ0) is 23.7. The number of carbonyl (C=O) groups is 1. The molecule has 5 nitrogen and oxygen atoms in total. The summed E-state index contributed by atoms with van der Waals surface area (Å²) in [6.45, 7) is 0. The fourth-order valence-corrected chi connectivity index (χ4v) is 4.44. The monoisotopic (exact) mass is 452 g/mol. The number of ether oxygens (including phenoxy) is 4. The SMILES string of the molecule is COC(=O)c1cc2c(c3ccccc13)OC(c1ccc(OC)cc1)(c1ccc(OC)cc1)C=C2. The molecule has 0 aliphatic carbocycles. The second-order valence-electron chi connectivity index (χ2n) is 8.01. The Bertz CT molecular complexity index is 1340. The highest BCUT2D eigenvalue weighted by Gasteiger charge is 2.38. The Balaban J connectivity index is 1.74. The third kappa shape index (κ3) is 3.46. The number of hydrogen-bond donors (Lipinski definition) is 0. The molecule has 0 bridgehead atoms. The molecule has 5 heteroatoms. The van der Waals surface area contributed by atoms with Crippen LogP contribution in [0.3, 0.4) is 0 Å². The third-order valence-corrected chi connectivity index (χ3v) is 6.23. The summed E-state index contributed by atoms with van der Waals surface area (Å²) in [6.07, 6.45) is 4.03. The van der Waals surface area contributed by atoms with Crippen molar-refractivity contribution in [2.75, 3.05) is 21.3 Å². The van der Waals surface area contributed by atoms with Crippen LogP contribution in [0.5, 0.6) is 17.2 Å². The van der Waals surface area contributed by atoms with Crippen LogP contribution in [0.15, 0.2) is 84.9 Å². The van der Waals surface area contributed by atoms with Gasteiger partial charge in [-0.05, 0) is 41.8 Å². The summed E-state index contributed by atoms with van der Waals surface area (Å²) >= 11 is 0. The van der Waals surface area contributed by atoms with E-state index in [-0.39, 0.29) is 5.97 Å². The van der Waals surface area contributed by atoms with E-state index in [1.54, 1.807) is 14.2 Å². The summed E-state index contributed by atoms with van der Waals surface area (Å²) in [5.41, 5.74) is 2.33. The van der Waals surface area contributed by atoms with Gasteiger partial charge in [0.1, 0.15) is 17.2 Å². The molecule has 0 radical (unpaired) electrons. The summed E-state index contributed by atoms with van der Waals surface area (Å²) in [7, 11) is 4.68. The van der Waals surface area contributed by atoms with Crippen LogP contribution in [-0.4, -0.2) is 27.3 Å². The molecule has 1 aliphatic rings. The average molecular weight is 453 g/mol. The van der Waals surface area contributed by atoms with Gasteiger partial charge in [0.15, 0.2) is 5.60 Å². The van der Waals surface area contributed by atoms with Crippen molar-refractivity contribution in [3.8, 4) is 17.2 Å². The van der Waals surface area contributed by atoms with Crippen molar-refractivity contribution in [2.24, 2.45) is 0 Å². The van der Waals surface area contributed by atoms with E-state index in [0.717, 1.165) is 39.0 Å². The molecule has 34 heavy (non-hydrogen) atoms. The molecule has 0 spiro atoms.